The van der Waals surface area contributed by atoms with Crippen LogP contribution in [0.2, 0.25) is 0 Å². The Morgan fingerprint density at radius 1 is 1.26 bits per heavy atom. The van der Waals surface area contributed by atoms with Gasteiger partial charge in [0, 0.05) is 19.3 Å². The molecule has 0 atom stereocenters. The molecule has 0 fully saturated rings. The summed E-state index contributed by atoms with van der Waals surface area (Å²) in [6.45, 7) is 8.25. The van der Waals surface area contributed by atoms with Crippen LogP contribution in [0.3, 0.4) is 0 Å². The lowest BCUT2D eigenvalue weighted by Crippen LogP contribution is -2.32. The molecular weight excluding hydrogens is 323 g/mol. The van der Waals surface area contributed by atoms with E-state index in [1.165, 1.54) is 13.8 Å². The summed E-state index contributed by atoms with van der Waals surface area (Å²) in [6.07, 6.45) is -0.631. The summed E-state index contributed by atoms with van der Waals surface area (Å²) in [5.41, 5.74) is 0.888. The SMILES string of the molecule is CNc1cc(CNC(=O)OC(C)(C)C)c(C)c(S(=O)(=O)F)c1C. The van der Waals surface area contributed by atoms with Gasteiger partial charge in [0.2, 0.25) is 0 Å². The topological polar surface area (TPSA) is 84.5 Å². The Morgan fingerprint density at radius 3 is 2.26 bits per heavy atom. The van der Waals surface area contributed by atoms with Crippen LogP contribution in [0.5, 0.6) is 0 Å². The zero-order valence-corrected chi connectivity index (χ0v) is 15.0. The largest absolute Gasteiger partial charge is 0.444 e. The third-order valence-electron chi connectivity index (χ3n) is 3.22. The Balaban J connectivity index is 3.16. The Hall–Kier alpha value is -1.83. The number of carbonyl (C=O) groups excluding carboxylic acids is 1. The summed E-state index contributed by atoms with van der Waals surface area (Å²) in [5, 5.41) is 5.37. The van der Waals surface area contributed by atoms with E-state index in [0.29, 0.717) is 16.8 Å². The van der Waals surface area contributed by atoms with Crippen LogP contribution in [-0.4, -0.2) is 27.2 Å². The van der Waals surface area contributed by atoms with Crippen molar-refractivity contribution in [3.8, 4) is 0 Å². The van der Waals surface area contributed by atoms with Gasteiger partial charge in [0.1, 0.15) is 10.5 Å². The van der Waals surface area contributed by atoms with Crippen molar-refractivity contribution in [2.24, 2.45) is 0 Å². The quantitative estimate of drug-likeness (QED) is 0.819. The second kappa shape index (κ2) is 6.74. The first-order valence-corrected chi connectivity index (χ1v) is 8.47. The van der Waals surface area contributed by atoms with Crippen molar-refractivity contribution in [3.05, 3.63) is 22.8 Å². The molecule has 8 heteroatoms. The molecule has 0 aliphatic heterocycles. The summed E-state index contributed by atoms with van der Waals surface area (Å²) in [4.78, 5) is 11.3. The number of amides is 1. The maximum atomic E-state index is 13.6. The van der Waals surface area contributed by atoms with Gasteiger partial charge in [0.15, 0.2) is 0 Å². The van der Waals surface area contributed by atoms with Crippen molar-refractivity contribution >= 4 is 22.0 Å². The number of nitrogens with one attached hydrogen (secondary N) is 2. The summed E-state index contributed by atoms with van der Waals surface area (Å²) >= 11 is 0. The van der Waals surface area contributed by atoms with Crippen molar-refractivity contribution < 1.29 is 21.8 Å². The second-order valence-electron chi connectivity index (χ2n) is 6.21. The lowest BCUT2D eigenvalue weighted by atomic mass is 10.0. The van der Waals surface area contributed by atoms with Crippen LogP contribution in [0.1, 0.15) is 37.5 Å². The molecule has 6 nitrogen and oxygen atoms in total. The van der Waals surface area contributed by atoms with Crippen LogP contribution >= 0.6 is 0 Å². The van der Waals surface area contributed by atoms with E-state index in [9.17, 15) is 17.1 Å². The number of alkyl carbamates (subject to hydrolysis) is 1. The molecule has 0 heterocycles. The highest BCUT2D eigenvalue weighted by Gasteiger charge is 2.23. The molecule has 2 N–H and O–H groups in total. The van der Waals surface area contributed by atoms with Gasteiger partial charge in [-0.2, -0.15) is 8.42 Å². The van der Waals surface area contributed by atoms with E-state index in [4.69, 9.17) is 4.74 Å². The van der Waals surface area contributed by atoms with Crippen molar-refractivity contribution in [1.29, 1.82) is 0 Å². The Morgan fingerprint density at radius 2 is 1.83 bits per heavy atom. The predicted octanol–water partition coefficient (Wildman–Crippen LogP) is 3.03. The van der Waals surface area contributed by atoms with E-state index in [1.54, 1.807) is 33.9 Å². The van der Waals surface area contributed by atoms with Gasteiger partial charge in [-0.05, 0) is 57.4 Å². The number of halogens is 1. The molecule has 0 aliphatic carbocycles. The number of anilines is 1. The van der Waals surface area contributed by atoms with Crippen LogP contribution in [0, 0.1) is 13.8 Å². The molecule has 0 unspecified atom stereocenters. The molecule has 1 amide bonds. The van der Waals surface area contributed by atoms with Gasteiger partial charge < -0.3 is 15.4 Å². The number of benzene rings is 1. The van der Waals surface area contributed by atoms with E-state index >= 15 is 0 Å². The third-order valence-corrected chi connectivity index (χ3v) is 4.32. The molecule has 0 saturated carbocycles. The summed E-state index contributed by atoms with van der Waals surface area (Å²) in [6, 6.07) is 1.68. The minimum atomic E-state index is -4.87. The molecule has 0 radical (unpaired) electrons. The first kappa shape index (κ1) is 19.2. The highest BCUT2D eigenvalue weighted by atomic mass is 32.3. The fourth-order valence-electron chi connectivity index (χ4n) is 2.23. The summed E-state index contributed by atoms with van der Waals surface area (Å²) < 4.78 is 41.5. The van der Waals surface area contributed by atoms with Gasteiger partial charge >= 0.3 is 16.3 Å². The van der Waals surface area contributed by atoms with Crippen molar-refractivity contribution in [2.75, 3.05) is 12.4 Å². The molecule has 1 aromatic rings. The second-order valence-corrected chi connectivity index (χ2v) is 7.49. The van der Waals surface area contributed by atoms with E-state index in [0.717, 1.165) is 0 Å². The first-order valence-electron chi connectivity index (χ1n) is 7.09. The van der Waals surface area contributed by atoms with Crippen LogP contribution in [-0.2, 0) is 21.5 Å². The van der Waals surface area contributed by atoms with E-state index in [-0.39, 0.29) is 17.0 Å². The van der Waals surface area contributed by atoms with Crippen LogP contribution < -0.4 is 10.6 Å². The molecule has 23 heavy (non-hydrogen) atoms. The summed E-state index contributed by atoms with van der Waals surface area (Å²) in [7, 11) is -3.26. The fraction of sp³-hybridized carbons (Fsp3) is 0.533. The minimum absolute atomic E-state index is 0.0260. The molecule has 0 spiro atoms. The average molecular weight is 346 g/mol. The number of rotatable bonds is 4. The van der Waals surface area contributed by atoms with Crippen molar-refractivity contribution in [3.63, 3.8) is 0 Å². The van der Waals surface area contributed by atoms with E-state index in [1.807, 2.05) is 0 Å². The van der Waals surface area contributed by atoms with Gasteiger partial charge in [-0.3, -0.25) is 0 Å². The molecule has 0 aliphatic rings. The maximum Gasteiger partial charge on any atom is 0.407 e. The Kier molecular flexibility index (Phi) is 5.63. The third kappa shape index (κ3) is 5.09. The monoisotopic (exact) mass is 346 g/mol. The number of hydrogen-bond donors (Lipinski definition) is 2. The lowest BCUT2D eigenvalue weighted by molar-refractivity contribution is 0.0523. The lowest BCUT2D eigenvalue weighted by Gasteiger charge is -2.20. The number of ether oxygens (including phenoxy) is 1. The smallest absolute Gasteiger partial charge is 0.407 e. The molecule has 1 aromatic carbocycles. The van der Waals surface area contributed by atoms with Gasteiger partial charge in [-0.25, -0.2) is 4.79 Å². The van der Waals surface area contributed by atoms with Gasteiger partial charge in [-0.15, -0.1) is 3.89 Å². The summed E-state index contributed by atoms with van der Waals surface area (Å²) in [5.74, 6) is 0. The average Bonchev–Trinajstić information content (AvgIpc) is 2.34. The molecule has 130 valence electrons. The predicted molar refractivity (Wildman–Crippen MR) is 86.8 cm³/mol. The molecule has 0 bridgehead atoms. The minimum Gasteiger partial charge on any atom is -0.444 e. The van der Waals surface area contributed by atoms with Crippen molar-refractivity contribution in [1.82, 2.24) is 5.32 Å². The fourth-order valence-corrected chi connectivity index (χ4v) is 3.20. The van der Waals surface area contributed by atoms with Gasteiger partial charge in [0.05, 0.1) is 0 Å². The van der Waals surface area contributed by atoms with E-state index < -0.39 is 21.9 Å². The standard InChI is InChI=1S/C15H23FN2O4S/c1-9-11(8-18-14(19)22-15(3,4)5)7-12(17-6)10(2)13(9)23(16,20)21/h7,17H,8H2,1-6H3,(H,18,19). The van der Waals surface area contributed by atoms with Crippen LogP contribution in [0.15, 0.2) is 11.0 Å². The van der Waals surface area contributed by atoms with Gasteiger partial charge in [-0.1, -0.05) is 0 Å². The van der Waals surface area contributed by atoms with Crippen LogP contribution in [0.25, 0.3) is 0 Å². The molecule has 0 saturated heterocycles. The van der Waals surface area contributed by atoms with Crippen molar-refractivity contribution in [2.45, 2.75) is 51.7 Å². The highest BCUT2D eigenvalue weighted by molar-refractivity contribution is 7.86. The Labute approximate surface area is 136 Å². The molecular formula is C15H23FN2O4S. The maximum absolute atomic E-state index is 13.6. The first-order chi connectivity index (χ1) is 10.4. The molecule has 1 rings (SSSR count). The highest BCUT2D eigenvalue weighted by Crippen LogP contribution is 2.31. The normalized spacial score (nSPS) is 12.0. The number of hydrogen-bond acceptors (Lipinski definition) is 5. The van der Waals surface area contributed by atoms with Gasteiger partial charge in [0.25, 0.3) is 0 Å². The van der Waals surface area contributed by atoms with E-state index in [2.05, 4.69) is 10.6 Å². The zero-order chi connectivity index (χ0) is 18.0. The Bertz CT molecular complexity index is 709. The number of carbonyl (C=O) groups is 1. The molecule has 0 aromatic heterocycles. The zero-order valence-electron chi connectivity index (χ0n) is 14.2. The van der Waals surface area contributed by atoms with Crippen LogP contribution in [0.4, 0.5) is 14.4 Å².